The minimum absolute atomic E-state index is 0.170. The van der Waals surface area contributed by atoms with E-state index in [2.05, 4.69) is 11.1 Å². The highest BCUT2D eigenvalue weighted by molar-refractivity contribution is 5.85. The molecule has 118 valence electrons. The summed E-state index contributed by atoms with van der Waals surface area (Å²) in [6.07, 6.45) is 9.68. The first-order chi connectivity index (χ1) is 10.6. The van der Waals surface area contributed by atoms with Crippen molar-refractivity contribution in [2.75, 3.05) is 14.2 Å². The number of aromatic hydroxyl groups is 1. The van der Waals surface area contributed by atoms with Gasteiger partial charge in [0.15, 0.2) is 0 Å². The standard InChI is InChI=1S/C19H25NO2/c1-20-11-15-6-16(22-2)7-17(18(15)21)19-8-12-3-13(9-19)5-14(4-12)10-19/h6-7,11-14,21H,3-5,8-10H2,1-2H3. The zero-order chi connectivity index (χ0) is 15.3. The molecule has 5 rings (SSSR count). The Morgan fingerprint density at radius 1 is 1.14 bits per heavy atom. The van der Waals surface area contributed by atoms with Gasteiger partial charge in [-0.2, -0.15) is 0 Å². The van der Waals surface area contributed by atoms with E-state index in [4.69, 9.17) is 4.74 Å². The van der Waals surface area contributed by atoms with E-state index < -0.39 is 0 Å². The monoisotopic (exact) mass is 299 g/mol. The number of phenolic OH excluding ortho intramolecular Hbond substituents is 1. The van der Waals surface area contributed by atoms with E-state index in [-0.39, 0.29) is 5.41 Å². The van der Waals surface area contributed by atoms with Crippen molar-refractivity contribution in [2.45, 2.75) is 43.9 Å². The van der Waals surface area contributed by atoms with Crippen LogP contribution in [0.25, 0.3) is 0 Å². The van der Waals surface area contributed by atoms with Crippen LogP contribution in [0.4, 0.5) is 0 Å². The summed E-state index contributed by atoms with van der Waals surface area (Å²) in [5.74, 6) is 3.84. The fraction of sp³-hybridized carbons (Fsp3) is 0.632. The molecule has 4 fully saturated rings. The number of hydrogen-bond donors (Lipinski definition) is 1. The van der Waals surface area contributed by atoms with Gasteiger partial charge in [-0.05, 0) is 73.8 Å². The topological polar surface area (TPSA) is 41.8 Å². The first kappa shape index (κ1) is 14.1. The van der Waals surface area contributed by atoms with Gasteiger partial charge in [0.1, 0.15) is 11.5 Å². The van der Waals surface area contributed by atoms with Crippen LogP contribution in [0.1, 0.15) is 49.7 Å². The van der Waals surface area contributed by atoms with Crippen LogP contribution >= 0.6 is 0 Å². The summed E-state index contributed by atoms with van der Waals surface area (Å²) in [5.41, 5.74) is 2.07. The number of hydrogen-bond acceptors (Lipinski definition) is 3. The quantitative estimate of drug-likeness (QED) is 0.860. The molecule has 0 unspecified atom stereocenters. The third-order valence-corrected chi connectivity index (χ3v) is 6.23. The van der Waals surface area contributed by atoms with E-state index in [0.29, 0.717) is 5.75 Å². The molecule has 1 N–H and O–H groups in total. The highest BCUT2D eigenvalue weighted by Crippen LogP contribution is 2.62. The molecule has 4 aliphatic rings. The van der Waals surface area contributed by atoms with Gasteiger partial charge in [-0.15, -0.1) is 0 Å². The van der Waals surface area contributed by atoms with Crippen LogP contribution in [0.2, 0.25) is 0 Å². The molecule has 3 heteroatoms. The predicted molar refractivity (Wildman–Crippen MR) is 88.0 cm³/mol. The summed E-state index contributed by atoms with van der Waals surface area (Å²) in [6, 6.07) is 3.96. The van der Waals surface area contributed by atoms with Crippen molar-refractivity contribution in [3.63, 3.8) is 0 Å². The summed E-state index contributed by atoms with van der Waals surface area (Å²) in [7, 11) is 3.44. The number of benzene rings is 1. The van der Waals surface area contributed by atoms with Gasteiger partial charge in [0, 0.05) is 24.4 Å². The van der Waals surface area contributed by atoms with Gasteiger partial charge in [-0.1, -0.05) is 0 Å². The second kappa shape index (κ2) is 5.00. The molecule has 22 heavy (non-hydrogen) atoms. The van der Waals surface area contributed by atoms with Crippen LogP contribution in [0.5, 0.6) is 11.5 Å². The van der Waals surface area contributed by atoms with Crippen LogP contribution in [0, 0.1) is 17.8 Å². The lowest BCUT2D eigenvalue weighted by Crippen LogP contribution is -2.48. The number of phenols is 1. The Morgan fingerprint density at radius 2 is 1.73 bits per heavy atom. The molecule has 0 saturated heterocycles. The number of nitrogens with zero attached hydrogens (tertiary/aromatic N) is 1. The molecular formula is C19H25NO2. The van der Waals surface area contributed by atoms with Crippen LogP contribution in [-0.2, 0) is 5.41 Å². The van der Waals surface area contributed by atoms with Crippen molar-refractivity contribution in [3.05, 3.63) is 23.3 Å². The Kier molecular flexibility index (Phi) is 3.21. The SMILES string of the molecule is CN=Cc1cc(OC)cc(C23CC4CC(CC(C4)C2)C3)c1O. The number of aliphatic imine (C=N–C) groups is 1. The first-order valence-corrected chi connectivity index (χ1v) is 8.47. The summed E-state index contributed by atoms with van der Waals surface area (Å²) < 4.78 is 5.49. The van der Waals surface area contributed by atoms with Crippen molar-refractivity contribution in [1.82, 2.24) is 0 Å². The van der Waals surface area contributed by atoms with Gasteiger partial charge in [0.05, 0.1) is 7.11 Å². The fourth-order valence-corrected chi connectivity index (χ4v) is 5.83. The lowest BCUT2D eigenvalue weighted by atomic mass is 9.48. The van der Waals surface area contributed by atoms with Crippen molar-refractivity contribution >= 4 is 6.21 Å². The van der Waals surface area contributed by atoms with E-state index in [0.717, 1.165) is 34.6 Å². The molecule has 1 aromatic rings. The molecule has 4 aliphatic carbocycles. The smallest absolute Gasteiger partial charge is 0.128 e. The molecule has 0 amide bonds. The second-order valence-electron chi connectivity index (χ2n) is 7.70. The largest absolute Gasteiger partial charge is 0.507 e. The van der Waals surface area contributed by atoms with Gasteiger partial charge in [0.2, 0.25) is 0 Å². The van der Waals surface area contributed by atoms with E-state index >= 15 is 0 Å². The fourth-order valence-electron chi connectivity index (χ4n) is 5.83. The molecule has 0 heterocycles. The molecule has 0 radical (unpaired) electrons. The summed E-state index contributed by atoms with van der Waals surface area (Å²) in [4.78, 5) is 4.09. The third kappa shape index (κ3) is 2.05. The van der Waals surface area contributed by atoms with Crippen LogP contribution in [0.15, 0.2) is 17.1 Å². The Labute approximate surface area is 132 Å². The summed E-state index contributed by atoms with van der Waals surface area (Å²) in [6.45, 7) is 0. The van der Waals surface area contributed by atoms with Gasteiger partial charge in [-0.3, -0.25) is 4.99 Å². The zero-order valence-corrected chi connectivity index (χ0v) is 13.5. The van der Waals surface area contributed by atoms with Crippen molar-refractivity contribution in [2.24, 2.45) is 22.7 Å². The molecule has 0 atom stereocenters. The average Bonchev–Trinajstić information content (AvgIpc) is 2.48. The van der Waals surface area contributed by atoms with Crippen LogP contribution in [0.3, 0.4) is 0 Å². The Bertz CT molecular complexity index is 585. The van der Waals surface area contributed by atoms with Gasteiger partial charge in [0.25, 0.3) is 0 Å². The van der Waals surface area contributed by atoms with Gasteiger partial charge < -0.3 is 9.84 Å². The minimum Gasteiger partial charge on any atom is -0.507 e. The van der Waals surface area contributed by atoms with Gasteiger partial charge >= 0.3 is 0 Å². The molecule has 3 nitrogen and oxygen atoms in total. The Morgan fingerprint density at radius 3 is 2.23 bits per heavy atom. The van der Waals surface area contributed by atoms with Crippen molar-refractivity contribution in [3.8, 4) is 11.5 Å². The van der Waals surface area contributed by atoms with Crippen LogP contribution < -0.4 is 4.74 Å². The Balaban J connectivity index is 1.83. The summed E-state index contributed by atoms with van der Waals surface area (Å²) >= 11 is 0. The maximum atomic E-state index is 10.9. The predicted octanol–water partition coefficient (Wildman–Crippen LogP) is 3.92. The molecular weight excluding hydrogens is 274 g/mol. The highest BCUT2D eigenvalue weighted by atomic mass is 16.5. The van der Waals surface area contributed by atoms with Crippen molar-refractivity contribution < 1.29 is 9.84 Å². The maximum Gasteiger partial charge on any atom is 0.128 e. The van der Waals surface area contributed by atoms with E-state index in [1.165, 1.54) is 38.5 Å². The second-order valence-corrected chi connectivity index (χ2v) is 7.70. The summed E-state index contributed by atoms with van der Waals surface area (Å²) in [5, 5.41) is 10.9. The number of methoxy groups -OCH3 is 1. The number of rotatable bonds is 3. The maximum absolute atomic E-state index is 10.9. The molecule has 0 spiro atoms. The normalized spacial score (nSPS) is 36.2. The first-order valence-electron chi connectivity index (χ1n) is 8.47. The molecule has 4 bridgehead atoms. The molecule has 0 aliphatic heterocycles. The van der Waals surface area contributed by atoms with E-state index in [1.807, 2.05) is 6.07 Å². The lowest BCUT2D eigenvalue weighted by molar-refractivity contribution is -0.00622. The lowest BCUT2D eigenvalue weighted by Gasteiger charge is -2.57. The highest BCUT2D eigenvalue weighted by Gasteiger charge is 2.52. The average molecular weight is 299 g/mol. The van der Waals surface area contributed by atoms with E-state index in [1.54, 1.807) is 20.4 Å². The van der Waals surface area contributed by atoms with Crippen molar-refractivity contribution in [1.29, 1.82) is 0 Å². The minimum atomic E-state index is 0.170. The third-order valence-electron chi connectivity index (χ3n) is 6.23. The zero-order valence-electron chi connectivity index (χ0n) is 13.5. The number of ether oxygens (including phenoxy) is 1. The molecule has 0 aromatic heterocycles. The molecule has 4 saturated carbocycles. The Hall–Kier alpha value is -1.51. The van der Waals surface area contributed by atoms with Gasteiger partial charge in [-0.25, -0.2) is 0 Å². The van der Waals surface area contributed by atoms with E-state index in [9.17, 15) is 5.11 Å². The molecule has 1 aromatic carbocycles. The van der Waals surface area contributed by atoms with Crippen LogP contribution in [-0.4, -0.2) is 25.5 Å².